The molecule has 0 saturated carbocycles. The number of nitro benzene ring substituents is 1. The van der Waals surface area contributed by atoms with Gasteiger partial charge in [-0.25, -0.2) is 0 Å². The lowest BCUT2D eigenvalue weighted by molar-refractivity contribution is -0.384. The number of carbonyl (C=O) groups is 2. The van der Waals surface area contributed by atoms with E-state index in [4.69, 9.17) is 0 Å². The van der Waals surface area contributed by atoms with Crippen LogP contribution in [0.3, 0.4) is 0 Å². The van der Waals surface area contributed by atoms with E-state index in [0.29, 0.717) is 17.3 Å². The first kappa shape index (κ1) is 21.5. The molecule has 1 saturated heterocycles. The van der Waals surface area contributed by atoms with Crippen molar-refractivity contribution in [3.05, 3.63) is 33.1 Å². The predicted octanol–water partition coefficient (Wildman–Crippen LogP) is 3.05. The fourth-order valence-corrected chi connectivity index (χ4v) is 5.28. The summed E-state index contributed by atoms with van der Waals surface area (Å²) in [5.74, 6) is 0.709. The number of thiazole rings is 1. The Kier molecular flexibility index (Phi) is 7.07. The van der Waals surface area contributed by atoms with Crippen molar-refractivity contribution in [1.82, 2.24) is 9.47 Å². The average Bonchev–Trinajstić information content (AvgIpc) is 3.03. The largest absolute Gasteiger partial charge is 0.342 e. The highest BCUT2D eigenvalue weighted by atomic mass is 32.2. The normalized spacial score (nSPS) is 17.7. The molecule has 8 nitrogen and oxygen atoms in total. The Morgan fingerprint density at radius 1 is 1.38 bits per heavy atom. The number of rotatable bonds is 6. The molecule has 0 aliphatic carbocycles. The standard InChI is InChI=1S/C19H24N4O4S2/c1-3-22-15-7-6-14(23(26)27)9-16(15)29-19(22)20-17(24)11-28-12-18(25)21-8-4-5-13(2)10-21/h6-7,9,13H,3-5,8,10-12H2,1-2H3. The molecular formula is C19H24N4O4S2. The van der Waals surface area contributed by atoms with Crippen LogP contribution >= 0.6 is 23.1 Å². The number of thioether (sulfide) groups is 1. The van der Waals surface area contributed by atoms with E-state index in [1.165, 1.54) is 35.2 Å². The number of hydrogen-bond donors (Lipinski definition) is 0. The molecule has 0 N–H and O–H groups in total. The number of non-ortho nitro benzene ring substituents is 1. The Morgan fingerprint density at radius 3 is 2.86 bits per heavy atom. The van der Waals surface area contributed by atoms with Gasteiger partial charge in [-0.15, -0.1) is 11.8 Å². The zero-order valence-electron chi connectivity index (χ0n) is 16.5. The van der Waals surface area contributed by atoms with Crippen LogP contribution in [0.4, 0.5) is 5.69 Å². The summed E-state index contributed by atoms with van der Waals surface area (Å²) in [6.45, 7) is 6.28. The van der Waals surface area contributed by atoms with Crippen LogP contribution in [-0.4, -0.2) is 50.8 Å². The molecule has 1 aromatic heterocycles. The quantitative estimate of drug-likeness (QED) is 0.512. The highest BCUT2D eigenvalue weighted by molar-refractivity contribution is 8.00. The van der Waals surface area contributed by atoms with Gasteiger partial charge in [-0.3, -0.25) is 19.7 Å². The maximum atomic E-state index is 12.3. The van der Waals surface area contributed by atoms with Crippen LogP contribution in [0, 0.1) is 16.0 Å². The van der Waals surface area contributed by atoms with Crippen LogP contribution in [0.5, 0.6) is 0 Å². The molecule has 0 spiro atoms. The number of likely N-dealkylation sites (tertiary alicyclic amines) is 1. The summed E-state index contributed by atoms with van der Waals surface area (Å²) in [6, 6.07) is 4.64. The first-order chi connectivity index (χ1) is 13.9. The minimum Gasteiger partial charge on any atom is -0.342 e. The minimum atomic E-state index is -0.436. The number of hydrogen-bond acceptors (Lipinski definition) is 6. The molecule has 1 aliphatic rings. The van der Waals surface area contributed by atoms with E-state index in [0.717, 1.165) is 36.1 Å². The topological polar surface area (TPSA) is 97.8 Å². The number of nitrogens with zero attached hydrogens (tertiary/aromatic N) is 4. The van der Waals surface area contributed by atoms with Gasteiger partial charge >= 0.3 is 0 Å². The zero-order chi connectivity index (χ0) is 21.0. The second-order valence-electron chi connectivity index (χ2n) is 7.12. The highest BCUT2D eigenvalue weighted by Crippen LogP contribution is 2.23. The molecule has 2 amide bonds. The van der Waals surface area contributed by atoms with Crippen LogP contribution < -0.4 is 4.80 Å². The maximum Gasteiger partial charge on any atom is 0.270 e. The van der Waals surface area contributed by atoms with Gasteiger partial charge in [0.1, 0.15) is 0 Å². The van der Waals surface area contributed by atoms with Crippen molar-refractivity contribution in [3.63, 3.8) is 0 Å². The number of benzene rings is 1. The Balaban J connectivity index is 1.66. The molecule has 29 heavy (non-hydrogen) atoms. The van der Waals surface area contributed by atoms with Crippen molar-refractivity contribution < 1.29 is 14.5 Å². The predicted molar refractivity (Wildman–Crippen MR) is 115 cm³/mol. The number of piperidine rings is 1. The van der Waals surface area contributed by atoms with E-state index in [9.17, 15) is 19.7 Å². The number of amides is 2. The van der Waals surface area contributed by atoms with E-state index >= 15 is 0 Å². The second-order valence-corrected chi connectivity index (χ2v) is 9.12. The molecule has 10 heteroatoms. The Labute approximate surface area is 176 Å². The summed E-state index contributed by atoms with van der Waals surface area (Å²) in [5.41, 5.74) is 0.831. The van der Waals surface area contributed by atoms with Crippen LogP contribution in [0.1, 0.15) is 26.7 Å². The van der Waals surface area contributed by atoms with E-state index in [1.807, 2.05) is 16.4 Å². The molecule has 2 aromatic rings. The fourth-order valence-electron chi connectivity index (χ4n) is 3.44. The van der Waals surface area contributed by atoms with Crippen LogP contribution in [0.15, 0.2) is 23.2 Å². The lowest BCUT2D eigenvalue weighted by Crippen LogP contribution is -2.40. The Bertz CT molecular complexity index is 998. The smallest absolute Gasteiger partial charge is 0.270 e. The summed E-state index contributed by atoms with van der Waals surface area (Å²) in [4.78, 5) is 41.7. The number of nitro groups is 1. The molecule has 1 unspecified atom stereocenters. The van der Waals surface area contributed by atoms with Crippen molar-refractivity contribution in [2.45, 2.75) is 33.2 Å². The van der Waals surface area contributed by atoms with Gasteiger partial charge in [0.05, 0.1) is 26.6 Å². The Morgan fingerprint density at radius 2 is 2.17 bits per heavy atom. The van der Waals surface area contributed by atoms with Gasteiger partial charge in [-0.05, 0) is 31.7 Å². The van der Waals surface area contributed by atoms with Gasteiger partial charge in [0, 0.05) is 31.8 Å². The van der Waals surface area contributed by atoms with E-state index in [-0.39, 0.29) is 29.0 Å². The molecule has 2 heterocycles. The first-order valence-electron chi connectivity index (χ1n) is 9.60. The van der Waals surface area contributed by atoms with Crippen LogP contribution in [-0.2, 0) is 16.1 Å². The number of fused-ring (bicyclic) bond motifs is 1. The molecule has 1 fully saturated rings. The van der Waals surface area contributed by atoms with Crippen molar-refractivity contribution in [3.8, 4) is 0 Å². The molecule has 0 bridgehead atoms. The van der Waals surface area contributed by atoms with Crippen molar-refractivity contribution in [2.24, 2.45) is 10.9 Å². The summed E-state index contributed by atoms with van der Waals surface area (Å²) < 4.78 is 2.58. The fraction of sp³-hybridized carbons (Fsp3) is 0.526. The number of aromatic nitrogens is 1. The second kappa shape index (κ2) is 9.53. The SMILES string of the molecule is CCn1c(=NC(=O)CSCC(=O)N2CCCC(C)C2)sc2cc([N+](=O)[O-])ccc21. The van der Waals surface area contributed by atoms with E-state index < -0.39 is 4.92 Å². The van der Waals surface area contributed by atoms with Gasteiger partial charge in [0.15, 0.2) is 4.80 Å². The van der Waals surface area contributed by atoms with Crippen LogP contribution in [0.25, 0.3) is 10.2 Å². The first-order valence-corrected chi connectivity index (χ1v) is 11.6. The number of carbonyl (C=O) groups excluding carboxylic acids is 2. The molecule has 1 aromatic carbocycles. The van der Waals surface area contributed by atoms with Gasteiger partial charge < -0.3 is 9.47 Å². The summed E-state index contributed by atoms with van der Waals surface area (Å²) in [7, 11) is 0. The lowest BCUT2D eigenvalue weighted by Gasteiger charge is -2.30. The average molecular weight is 437 g/mol. The maximum absolute atomic E-state index is 12.3. The van der Waals surface area contributed by atoms with Gasteiger partial charge in [-0.2, -0.15) is 4.99 Å². The van der Waals surface area contributed by atoms with Crippen molar-refractivity contribution >= 4 is 50.8 Å². The molecule has 0 radical (unpaired) electrons. The van der Waals surface area contributed by atoms with Crippen LogP contribution in [0.2, 0.25) is 0 Å². The highest BCUT2D eigenvalue weighted by Gasteiger charge is 2.21. The third kappa shape index (κ3) is 5.24. The lowest BCUT2D eigenvalue weighted by atomic mass is 10.0. The van der Waals surface area contributed by atoms with Crippen molar-refractivity contribution in [1.29, 1.82) is 0 Å². The van der Waals surface area contributed by atoms with Crippen molar-refractivity contribution in [2.75, 3.05) is 24.6 Å². The molecular weight excluding hydrogens is 412 g/mol. The summed E-state index contributed by atoms with van der Waals surface area (Å²) in [5, 5.41) is 11.0. The molecule has 156 valence electrons. The molecule has 1 atom stereocenters. The minimum absolute atomic E-state index is 0.0148. The number of aryl methyl sites for hydroxylation is 1. The van der Waals surface area contributed by atoms with Gasteiger partial charge in [0.25, 0.3) is 11.6 Å². The summed E-state index contributed by atoms with van der Waals surface area (Å²) >= 11 is 2.54. The Hall–Kier alpha value is -2.20. The third-order valence-electron chi connectivity index (χ3n) is 4.87. The molecule has 1 aliphatic heterocycles. The summed E-state index contributed by atoms with van der Waals surface area (Å²) in [6.07, 6.45) is 2.19. The zero-order valence-corrected chi connectivity index (χ0v) is 18.1. The molecule has 3 rings (SSSR count). The van der Waals surface area contributed by atoms with Gasteiger partial charge in [-0.1, -0.05) is 18.3 Å². The monoisotopic (exact) mass is 436 g/mol. The van der Waals surface area contributed by atoms with E-state index in [1.54, 1.807) is 6.07 Å². The van der Waals surface area contributed by atoms with Gasteiger partial charge in [0.2, 0.25) is 5.91 Å². The third-order valence-corrected chi connectivity index (χ3v) is 6.82. The van der Waals surface area contributed by atoms with E-state index in [2.05, 4.69) is 11.9 Å².